The predicted molar refractivity (Wildman–Crippen MR) is 83.0 cm³/mol. The van der Waals surface area contributed by atoms with Crippen LogP contribution in [0.5, 0.6) is 0 Å². The summed E-state index contributed by atoms with van der Waals surface area (Å²) in [7, 11) is 1.89. The van der Waals surface area contributed by atoms with Gasteiger partial charge >= 0.3 is 0 Å². The minimum atomic E-state index is -0.324. The second-order valence-electron chi connectivity index (χ2n) is 5.33. The molecule has 0 fully saturated rings. The third kappa shape index (κ3) is 2.34. The van der Waals surface area contributed by atoms with Gasteiger partial charge in [-0.25, -0.2) is 4.39 Å². The summed E-state index contributed by atoms with van der Waals surface area (Å²) in [5, 5.41) is 4.07. The van der Waals surface area contributed by atoms with E-state index in [1.54, 1.807) is 6.07 Å². The van der Waals surface area contributed by atoms with Gasteiger partial charge in [-0.2, -0.15) is 0 Å². The minimum Gasteiger partial charge on any atom is -0.456 e. The van der Waals surface area contributed by atoms with Gasteiger partial charge in [-0.05, 0) is 49.7 Å². The van der Waals surface area contributed by atoms with Crippen molar-refractivity contribution in [2.45, 2.75) is 19.9 Å². The highest BCUT2D eigenvalue weighted by atomic mass is 19.1. The average molecular weight is 283 g/mol. The molecular weight excluding hydrogens is 265 g/mol. The maximum atomic E-state index is 13.8. The van der Waals surface area contributed by atoms with Crippen molar-refractivity contribution >= 4 is 11.0 Å². The highest BCUT2D eigenvalue weighted by Crippen LogP contribution is 2.32. The Bertz CT molecular complexity index is 771. The Balaban J connectivity index is 2.16. The molecule has 0 aliphatic heterocycles. The van der Waals surface area contributed by atoms with E-state index in [-0.39, 0.29) is 11.9 Å². The van der Waals surface area contributed by atoms with Crippen molar-refractivity contribution in [2.75, 3.05) is 7.05 Å². The minimum absolute atomic E-state index is 0.0852. The summed E-state index contributed by atoms with van der Waals surface area (Å²) in [6.45, 7) is 4.16. The smallest absolute Gasteiger partial charge is 0.169 e. The van der Waals surface area contributed by atoms with Crippen LogP contribution in [-0.2, 0) is 0 Å². The Morgan fingerprint density at radius 1 is 1.05 bits per heavy atom. The van der Waals surface area contributed by atoms with Crippen LogP contribution in [0.1, 0.15) is 28.5 Å². The molecule has 0 saturated heterocycles. The van der Waals surface area contributed by atoms with Crippen molar-refractivity contribution < 1.29 is 8.81 Å². The number of nitrogens with one attached hydrogen (secondary N) is 1. The second kappa shape index (κ2) is 5.34. The van der Waals surface area contributed by atoms with Crippen LogP contribution in [-0.4, -0.2) is 7.05 Å². The predicted octanol–water partition coefficient (Wildman–Crippen LogP) is 4.50. The Morgan fingerprint density at radius 2 is 1.71 bits per heavy atom. The first kappa shape index (κ1) is 13.8. The van der Waals surface area contributed by atoms with E-state index in [1.807, 2.05) is 25.2 Å². The molecule has 0 aliphatic carbocycles. The topological polar surface area (TPSA) is 25.2 Å². The molecule has 0 bridgehead atoms. The van der Waals surface area contributed by atoms with Gasteiger partial charge in [0.15, 0.2) is 11.4 Å². The first-order chi connectivity index (χ1) is 10.1. The molecule has 3 aromatic rings. The standard InChI is InChI=1S/C18H18FNO/c1-11-6-4-7-12(2)16(11)17(20-3)15-10-13-8-5-9-14(19)18(13)21-15/h4-10,17,20H,1-3H3. The van der Waals surface area contributed by atoms with Crippen molar-refractivity contribution in [3.63, 3.8) is 0 Å². The zero-order chi connectivity index (χ0) is 15.0. The van der Waals surface area contributed by atoms with Crippen molar-refractivity contribution in [1.29, 1.82) is 0 Å². The summed E-state index contributed by atoms with van der Waals surface area (Å²) in [5.74, 6) is 0.408. The summed E-state index contributed by atoms with van der Waals surface area (Å²) >= 11 is 0. The van der Waals surface area contributed by atoms with E-state index in [0.29, 0.717) is 5.58 Å². The lowest BCUT2D eigenvalue weighted by Crippen LogP contribution is -2.19. The first-order valence-corrected chi connectivity index (χ1v) is 7.03. The number of furan rings is 1. The van der Waals surface area contributed by atoms with Gasteiger partial charge in [-0.3, -0.25) is 0 Å². The number of rotatable bonds is 3. The molecule has 21 heavy (non-hydrogen) atoms. The molecule has 1 aromatic heterocycles. The highest BCUT2D eigenvalue weighted by molar-refractivity contribution is 5.78. The van der Waals surface area contributed by atoms with E-state index in [0.717, 1.165) is 11.1 Å². The molecule has 0 radical (unpaired) electrons. The zero-order valence-corrected chi connectivity index (χ0v) is 12.4. The first-order valence-electron chi connectivity index (χ1n) is 7.03. The average Bonchev–Trinajstić information content (AvgIpc) is 2.88. The second-order valence-corrected chi connectivity index (χ2v) is 5.33. The quantitative estimate of drug-likeness (QED) is 0.765. The van der Waals surface area contributed by atoms with Gasteiger partial charge in [-0.1, -0.05) is 30.3 Å². The molecule has 0 spiro atoms. The van der Waals surface area contributed by atoms with Crippen LogP contribution in [0.3, 0.4) is 0 Å². The summed E-state index contributed by atoms with van der Waals surface area (Å²) in [5.41, 5.74) is 3.88. The number of fused-ring (bicyclic) bond motifs is 1. The van der Waals surface area contributed by atoms with Crippen LogP contribution in [0.4, 0.5) is 4.39 Å². The number of hydrogen-bond acceptors (Lipinski definition) is 2. The lowest BCUT2D eigenvalue weighted by molar-refractivity contribution is 0.475. The summed E-state index contributed by atoms with van der Waals surface area (Å²) in [6, 6.07) is 13.0. The Hall–Kier alpha value is -2.13. The van der Waals surface area contributed by atoms with Gasteiger partial charge < -0.3 is 9.73 Å². The third-order valence-corrected chi connectivity index (χ3v) is 3.92. The molecule has 3 heteroatoms. The van der Waals surface area contributed by atoms with E-state index < -0.39 is 0 Å². The largest absolute Gasteiger partial charge is 0.456 e. The van der Waals surface area contributed by atoms with Crippen LogP contribution in [0.25, 0.3) is 11.0 Å². The van der Waals surface area contributed by atoms with Crippen molar-refractivity contribution in [3.8, 4) is 0 Å². The molecule has 0 amide bonds. The molecule has 3 rings (SSSR count). The SMILES string of the molecule is CNC(c1cc2cccc(F)c2o1)c1c(C)cccc1C. The van der Waals surface area contributed by atoms with Gasteiger partial charge in [0.1, 0.15) is 5.76 Å². The number of aryl methyl sites for hydroxylation is 2. The number of hydrogen-bond donors (Lipinski definition) is 1. The van der Waals surface area contributed by atoms with Crippen molar-refractivity contribution in [1.82, 2.24) is 5.32 Å². The molecule has 1 atom stereocenters. The van der Waals surface area contributed by atoms with Crippen LogP contribution < -0.4 is 5.32 Å². The van der Waals surface area contributed by atoms with Crippen molar-refractivity contribution in [3.05, 3.63) is 70.7 Å². The maximum absolute atomic E-state index is 13.8. The van der Waals surface area contributed by atoms with Gasteiger partial charge in [0.25, 0.3) is 0 Å². The summed E-state index contributed by atoms with van der Waals surface area (Å²) in [4.78, 5) is 0. The fourth-order valence-corrected chi connectivity index (χ4v) is 2.90. The molecule has 108 valence electrons. The normalized spacial score (nSPS) is 12.8. The molecule has 2 aromatic carbocycles. The molecule has 1 N–H and O–H groups in total. The highest BCUT2D eigenvalue weighted by Gasteiger charge is 2.21. The molecule has 0 saturated carbocycles. The van der Waals surface area contributed by atoms with Gasteiger partial charge in [0, 0.05) is 5.39 Å². The van der Waals surface area contributed by atoms with E-state index in [9.17, 15) is 4.39 Å². The summed E-state index contributed by atoms with van der Waals surface area (Å²) < 4.78 is 19.6. The van der Waals surface area contributed by atoms with Crippen LogP contribution in [0.15, 0.2) is 46.9 Å². The number of para-hydroxylation sites is 1. The number of benzene rings is 2. The van der Waals surface area contributed by atoms with Crippen LogP contribution >= 0.6 is 0 Å². The molecule has 1 unspecified atom stereocenters. The number of halogens is 1. The lowest BCUT2D eigenvalue weighted by atomic mass is 9.94. The maximum Gasteiger partial charge on any atom is 0.169 e. The molecule has 0 aliphatic rings. The van der Waals surface area contributed by atoms with E-state index >= 15 is 0 Å². The molecule has 2 nitrogen and oxygen atoms in total. The van der Waals surface area contributed by atoms with Crippen molar-refractivity contribution in [2.24, 2.45) is 0 Å². The van der Waals surface area contributed by atoms with E-state index in [1.165, 1.54) is 22.8 Å². The van der Waals surface area contributed by atoms with Crippen LogP contribution in [0, 0.1) is 19.7 Å². The van der Waals surface area contributed by atoms with E-state index in [4.69, 9.17) is 4.42 Å². The van der Waals surface area contributed by atoms with Gasteiger partial charge in [0.2, 0.25) is 0 Å². The lowest BCUT2D eigenvalue weighted by Gasteiger charge is -2.19. The Labute approximate surface area is 123 Å². The zero-order valence-electron chi connectivity index (χ0n) is 12.4. The van der Waals surface area contributed by atoms with Crippen LogP contribution in [0.2, 0.25) is 0 Å². The Morgan fingerprint density at radius 3 is 2.33 bits per heavy atom. The van der Waals surface area contributed by atoms with Gasteiger partial charge in [0.05, 0.1) is 6.04 Å². The third-order valence-electron chi connectivity index (χ3n) is 3.92. The van der Waals surface area contributed by atoms with E-state index in [2.05, 4.69) is 31.3 Å². The summed E-state index contributed by atoms with van der Waals surface area (Å²) in [6.07, 6.45) is 0. The molecule has 1 heterocycles. The fourth-order valence-electron chi connectivity index (χ4n) is 2.90. The Kier molecular flexibility index (Phi) is 3.52. The van der Waals surface area contributed by atoms with Gasteiger partial charge in [-0.15, -0.1) is 0 Å². The monoisotopic (exact) mass is 283 g/mol. The fraction of sp³-hybridized carbons (Fsp3) is 0.222. The molecular formula is C18H18FNO.